The SMILES string of the molecule is CC1(C)CC(OC(=O)/C=C/C(=O)O)CC(C)(C)N1. The highest BCUT2D eigenvalue weighted by Crippen LogP contribution is 2.30. The zero-order valence-electron chi connectivity index (χ0n) is 11.3. The van der Waals surface area contributed by atoms with E-state index >= 15 is 0 Å². The molecule has 18 heavy (non-hydrogen) atoms. The molecule has 5 nitrogen and oxygen atoms in total. The fraction of sp³-hybridized carbons (Fsp3) is 0.692. The van der Waals surface area contributed by atoms with Gasteiger partial charge in [0.15, 0.2) is 0 Å². The van der Waals surface area contributed by atoms with Crippen LogP contribution in [0.1, 0.15) is 40.5 Å². The van der Waals surface area contributed by atoms with Gasteiger partial charge in [0.2, 0.25) is 0 Å². The second-order valence-electron chi connectivity index (χ2n) is 6.03. The maximum atomic E-state index is 11.4. The maximum absolute atomic E-state index is 11.4. The minimum absolute atomic E-state index is 0.108. The Balaban J connectivity index is 2.62. The van der Waals surface area contributed by atoms with Crippen molar-refractivity contribution in [2.45, 2.75) is 57.7 Å². The molecule has 0 aromatic carbocycles. The van der Waals surface area contributed by atoms with Crippen molar-refractivity contribution in [3.63, 3.8) is 0 Å². The highest BCUT2D eigenvalue weighted by atomic mass is 16.5. The number of esters is 1. The van der Waals surface area contributed by atoms with Crippen LogP contribution >= 0.6 is 0 Å². The first-order chi connectivity index (χ1) is 8.10. The predicted octanol–water partition coefficient (Wildman–Crippen LogP) is 1.48. The number of piperidine rings is 1. The van der Waals surface area contributed by atoms with E-state index in [-0.39, 0.29) is 17.2 Å². The third kappa shape index (κ3) is 4.87. The van der Waals surface area contributed by atoms with Crippen LogP contribution in [0.5, 0.6) is 0 Å². The molecule has 0 bridgehead atoms. The summed E-state index contributed by atoms with van der Waals surface area (Å²) in [5, 5.41) is 11.9. The van der Waals surface area contributed by atoms with Gasteiger partial charge in [0.25, 0.3) is 0 Å². The second kappa shape index (κ2) is 5.10. The Kier molecular flexibility index (Phi) is 4.16. The molecule has 1 fully saturated rings. The summed E-state index contributed by atoms with van der Waals surface area (Å²) in [5.41, 5.74) is -0.216. The molecule has 0 radical (unpaired) electrons. The fourth-order valence-electron chi connectivity index (χ4n) is 2.65. The number of nitrogens with one attached hydrogen (secondary N) is 1. The fourth-order valence-corrected chi connectivity index (χ4v) is 2.65. The van der Waals surface area contributed by atoms with Crippen LogP contribution in [-0.4, -0.2) is 34.2 Å². The molecule has 0 saturated carbocycles. The van der Waals surface area contributed by atoms with Crippen LogP contribution in [0.25, 0.3) is 0 Å². The average Bonchev–Trinajstić information content (AvgIpc) is 2.09. The van der Waals surface area contributed by atoms with Gasteiger partial charge in [0.05, 0.1) is 0 Å². The smallest absolute Gasteiger partial charge is 0.331 e. The molecule has 1 heterocycles. The lowest BCUT2D eigenvalue weighted by molar-refractivity contribution is -0.147. The summed E-state index contributed by atoms with van der Waals surface area (Å²) < 4.78 is 5.28. The van der Waals surface area contributed by atoms with E-state index in [4.69, 9.17) is 9.84 Å². The van der Waals surface area contributed by atoms with E-state index in [1.54, 1.807) is 0 Å². The number of ether oxygens (including phenoxy) is 1. The molecule has 0 spiro atoms. The molecule has 1 aliphatic heterocycles. The maximum Gasteiger partial charge on any atom is 0.331 e. The van der Waals surface area contributed by atoms with Gasteiger partial charge < -0.3 is 15.2 Å². The number of carbonyl (C=O) groups is 2. The van der Waals surface area contributed by atoms with Gasteiger partial charge in [-0.2, -0.15) is 0 Å². The number of carbonyl (C=O) groups excluding carboxylic acids is 1. The van der Waals surface area contributed by atoms with Crippen LogP contribution < -0.4 is 5.32 Å². The van der Waals surface area contributed by atoms with Crippen molar-refractivity contribution in [1.29, 1.82) is 0 Å². The Morgan fingerprint density at radius 3 is 2.11 bits per heavy atom. The summed E-state index contributed by atoms with van der Waals surface area (Å²) in [4.78, 5) is 21.7. The molecule has 0 aromatic rings. The zero-order chi connectivity index (χ0) is 14.0. The lowest BCUT2D eigenvalue weighted by Gasteiger charge is -2.45. The standard InChI is InChI=1S/C13H21NO4/c1-12(2)7-9(8-13(3,4)14-12)18-11(17)6-5-10(15)16/h5-6,9,14H,7-8H2,1-4H3,(H,15,16)/b6-5+. The van der Waals surface area contributed by atoms with Gasteiger partial charge in [0, 0.05) is 36.1 Å². The number of carboxylic acid groups (broad SMARTS) is 1. The highest BCUT2D eigenvalue weighted by Gasteiger charge is 2.39. The van der Waals surface area contributed by atoms with Crippen LogP contribution in [0.2, 0.25) is 0 Å². The van der Waals surface area contributed by atoms with Gasteiger partial charge >= 0.3 is 11.9 Å². The van der Waals surface area contributed by atoms with E-state index in [9.17, 15) is 9.59 Å². The van der Waals surface area contributed by atoms with E-state index in [1.165, 1.54) is 0 Å². The molecule has 1 saturated heterocycles. The Morgan fingerprint density at radius 2 is 1.67 bits per heavy atom. The topological polar surface area (TPSA) is 75.6 Å². The lowest BCUT2D eigenvalue weighted by Crippen LogP contribution is -2.59. The number of aliphatic carboxylic acids is 1. The Bertz CT molecular complexity index is 355. The van der Waals surface area contributed by atoms with Gasteiger partial charge in [-0.15, -0.1) is 0 Å². The predicted molar refractivity (Wildman–Crippen MR) is 67.2 cm³/mol. The quantitative estimate of drug-likeness (QED) is 0.590. The molecule has 1 rings (SSSR count). The highest BCUT2D eigenvalue weighted by molar-refractivity contribution is 5.90. The van der Waals surface area contributed by atoms with Crippen LogP contribution in [0.4, 0.5) is 0 Å². The number of hydrogen-bond acceptors (Lipinski definition) is 4. The molecule has 0 aromatic heterocycles. The minimum Gasteiger partial charge on any atom is -0.478 e. The lowest BCUT2D eigenvalue weighted by atomic mass is 9.81. The molecule has 5 heteroatoms. The van der Waals surface area contributed by atoms with Crippen LogP contribution in [-0.2, 0) is 14.3 Å². The number of rotatable bonds is 3. The van der Waals surface area contributed by atoms with Crippen molar-refractivity contribution >= 4 is 11.9 Å². The minimum atomic E-state index is -1.15. The van der Waals surface area contributed by atoms with Crippen LogP contribution in [0.15, 0.2) is 12.2 Å². The summed E-state index contributed by atoms with van der Waals surface area (Å²) in [6, 6.07) is 0. The van der Waals surface area contributed by atoms with Crippen molar-refractivity contribution in [2.75, 3.05) is 0 Å². The molecular formula is C13H21NO4. The largest absolute Gasteiger partial charge is 0.478 e. The molecule has 1 aliphatic rings. The zero-order valence-corrected chi connectivity index (χ0v) is 11.3. The van der Waals surface area contributed by atoms with E-state index in [1.807, 2.05) is 0 Å². The number of hydrogen-bond donors (Lipinski definition) is 2. The van der Waals surface area contributed by atoms with Crippen molar-refractivity contribution in [2.24, 2.45) is 0 Å². The molecule has 102 valence electrons. The van der Waals surface area contributed by atoms with E-state index in [2.05, 4.69) is 33.0 Å². The van der Waals surface area contributed by atoms with Crippen LogP contribution in [0.3, 0.4) is 0 Å². The van der Waals surface area contributed by atoms with Gasteiger partial charge in [-0.3, -0.25) is 0 Å². The third-order valence-corrected chi connectivity index (χ3v) is 2.80. The van der Waals surface area contributed by atoms with Crippen LogP contribution in [0, 0.1) is 0 Å². The monoisotopic (exact) mass is 255 g/mol. The Hall–Kier alpha value is -1.36. The molecule has 0 amide bonds. The first-order valence-corrected chi connectivity index (χ1v) is 6.01. The molecular weight excluding hydrogens is 234 g/mol. The van der Waals surface area contributed by atoms with Crippen molar-refractivity contribution in [3.8, 4) is 0 Å². The Labute approximate surface area is 107 Å². The molecule has 0 atom stereocenters. The molecule has 0 aliphatic carbocycles. The summed E-state index contributed by atoms with van der Waals surface area (Å²) in [7, 11) is 0. The van der Waals surface area contributed by atoms with Gasteiger partial charge in [-0.05, 0) is 27.7 Å². The average molecular weight is 255 g/mol. The summed E-state index contributed by atoms with van der Waals surface area (Å²) >= 11 is 0. The van der Waals surface area contributed by atoms with Crippen molar-refractivity contribution in [3.05, 3.63) is 12.2 Å². The molecule has 0 unspecified atom stereocenters. The first-order valence-electron chi connectivity index (χ1n) is 6.01. The first kappa shape index (κ1) is 14.7. The Morgan fingerprint density at radius 1 is 1.17 bits per heavy atom. The second-order valence-corrected chi connectivity index (χ2v) is 6.03. The number of carboxylic acids is 1. The molecule has 2 N–H and O–H groups in total. The summed E-state index contributed by atoms with van der Waals surface area (Å²) in [6.45, 7) is 8.23. The van der Waals surface area contributed by atoms with E-state index in [0.717, 1.165) is 12.2 Å². The van der Waals surface area contributed by atoms with Gasteiger partial charge in [0.1, 0.15) is 6.10 Å². The summed E-state index contributed by atoms with van der Waals surface area (Å²) in [5.74, 6) is -1.76. The van der Waals surface area contributed by atoms with E-state index in [0.29, 0.717) is 12.8 Å². The van der Waals surface area contributed by atoms with Crippen molar-refractivity contribution < 1.29 is 19.4 Å². The van der Waals surface area contributed by atoms with Crippen molar-refractivity contribution in [1.82, 2.24) is 5.32 Å². The normalized spacial score (nSPS) is 22.9. The third-order valence-electron chi connectivity index (χ3n) is 2.80. The van der Waals surface area contributed by atoms with E-state index < -0.39 is 11.9 Å². The van der Waals surface area contributed by atoms with Gasteiger partial charge in [-0.25, -0.2) is 9.59 Å². The van der Waals surface area contributed by atoms with Gasteiger partial charge in [-0.1, -0.05) is 0 Å². The summed E-state index contributed by atoms with van der Waals surface area (Å²) in [6.07, 6.45) is 2.97.